The molecule has 4 fully saturated rings. The molecule has 2 nitrogen and oxygen atoms in total. The standard InChI is InChI=1S/C24H40O2/c1-4-17(8-10-20(5-2)25-3)18-9-11-21(23(13-18)24-15-26-24)22-14-19(22)12-16-6-7-16/h5,16-24H,2,4,6-15H2,1,3H3/t17?,18?,19-,20?,21?,22?,23?,24-/m1/s1. The van der Waals surface area contributed by atoms with Gasteiger partial charge in [-0.15, -0.1) is 6.58 Å². The van der Waals surface area contributed by atoms with E-state index in [4.69, 9.17) is 9.47 Å². The van der Waals surface area contributed by atoms with Gasteiger partial charge in [-0.2, -0.15) is 0 Å². The van der Waals surface area contributed by atoms with Gasteiger partial charge in [-0.05, 0) is 86.4 Å². The maximum Gasteiger partial charge on any atom is 0.0840 e. The Morgan fingerprint density at radius 3 is 2.50 bits per heavy atom. The Morgan fingerprint density at radius 2 is 1.88 bits per heavy atom. The molecule has 0 N–H and O–H groups in total. The van der Waals surface area contributed by atoms with Gasteiger partial charge < -0.3 is 9.47 Å². The van der Waals surface area contributed by atoms with Crippen molar-refractivity contribution in [2.75, 3.05) is 13.7 Å². The normalized spacial score (nSPS) is 41.5. The van der Waals surface area contributed by atoms with Gasteiger partial charge in [0.15, 0.2) is 0 Å². The van der Waals surface area contributed by atoms with Gasteiger partial charge in [0.25, 0.3) is 0 Å². The van der Waals surface area contributed by atoms with Crippen LogP contribution >= 0.6 is 0 Å². The smallest absolute Gasteiger partial charge is 0.0840 e. The van der Waals surface area contributed by atoms with Crippen LogP contribution in [0.4, 0.5) is 0 Å². The first kappa shape index (κ1) is 19.0. The predicted molar refractivity (Wildman–Crippen MR) is 107 cm³/mol. The first-order valence-corrected chi connectivity index (χ1v) is 11.5. The minimum absolute atomic E-state index is 0.234. The summed E-state index contributed by atoms with van der Waals surface area (Å²) in [7, 11) is 1.81. The van der Waals surface area contributed by atoms with Gasteiger partial charge >= 0.3 is 0 Å². The molecule has 0 radical (unpaired) electrons. The SMILES string of the molecule is C=CC(CCC(CC)C1CCC(C2C[C@H]2CC2CC2)C([C@H]2CO2)C1)OC. The van der Waals surface area contributed by atoms with Gasteiger partial charge in [0.05, 0.1) is 18.8 Å². The second kappa shape index (κ2) is 8.35. The monoisotopic (exact) mass is 360 g/mol. The average Bonchev–Trinajstić information content (AvgIpc) is 3.53. The Kier molecular flexibility index (Phi) is 6.10. The minimum Gasteiger partial charge on any atom is -0.377 e. The molecule has 1 saturated heterocycles. The van der Waals surface area contributed by atoms with E-state index >= 15 is 0 Å². The Hall–Kier alpha value is -0.340. The third kappa shape index (κ3) is 4.55. The largest absolute Gasteiger partial charge is 0.377 e. The molecule has 8 atom stereocenters. The van der Waals surface area contributed by atoms with Gasteiger partial charge in [0, 0.05) is 7.11 Å². The predicted octanol–water partition coefficient (Wildman–Crippen LogP) is 5.86. The van der Waals surface area contributed by atoms with E-state index in [1.54, 1.807) is 12.8 Å². The van der Waals surface area contributed by atoms with Crippen molar-refractivity contribution in [3.8, 4) is 0 Å². The molecule has 26 heavy (non-hydrogen) atoms. The molecule has 0 aromatic carbocycles. The van der Waals surface area contributed by atoms with Crippen LogP contribution in [0.5, 0.6) is 0 Å². The van der Waals surface area contributed by atoms with Crippen molar-refractivity contribution in [3.05, 3.63) is 12.7 Å². The lowest BCUT2D eigenvalue weighted by Crippen LogP contribution is -2.33. The molecule has 1 heterocycles. The molecule has 0 spiro atoms. The van der Waals surface area contributed by atoms with Crippen molar-refractivity contribution >= 4 is 0 Å². The maximum absolute atomic E-state index is 5.85. The molecule has 4 rings (SSSR count). The summed E-state index contributed by atoms with van der Waals surface area (Å²) in [5.74, 6) is 6.88. The van der Waals surface area contributed by atoms with Crippen LogP contribution in [-0.2, 0) is 9.47 Å². The first-order chi connectivity index (χ1) is 12.7. The molecule has 1 aliphatic heterocycles. The second-order valence-electron chi connectivity index (χ2n) is 9.87. The summed E-state index contributed by atoms with van der Waals surface area (Å²) >= 11 is 0. The third-order valence-electron chi connectivity index (χ3n) is 8.27. The van der Waals surface area contributed by atoms with E-state index in [-0.39, 0.29) is 6.10 Å². The second-order valence-corrected chi connectivity index (χ2v) is 9.87. The summed E-state index contributed by atoms with van der Waals surface area (Å²) in [6.07, 6.45) is 17.1. The summed E-state index contributed by atoms with van der Waals surface area (Å²) < 4.78 is 11.4. The molecule has 148 valence electrons. The Balaban J connectivity index is 1.31. The zero-order valence-corrected chi connectivity index (χ0v) is 17.1. The van der Waals surface area contributed by atoms with E-state index in [2.05, 4.69) is 13.5 Å². The van der Waals surface area contributed by atoms with E-state index in [0.29, 0.717) is 6.10 Å². The lowest BCUT2D eigenvalue weighted by Gasteiger charge is -2.40. The first-order valence-electron chi connectivity index (χ1n) is 11.5. The Bertz CT molecular complexity index is 467. The van der Waals surface area contributed by atoms with E-state index in [1.807, 2.05) is 13.2 Å². The highest BCUT2D eigenvalue weighted by Crippen LogP contribution is 2.58. The highest BCUT2D eigenvalue weighted by Gasteiger charge is 2.52. The van der Waals surface area contributed by atoms with Crippen molar-refractivity contribution in [2.24, 2.45) is 41.4 Å². The molecule has 3 aliphatic carbocycles. The van der Waals surface area contributed by atoms with E-state index in [1.165, 1.54) is 44.9 Å². The molecule has 0 aromatic heterocycles. The highest BCUT2D eigenvalue weighted by molar-refractivity contribution is 5.01. The van der Waals surface area contributed by atoms with Crippen molar-refractivity contribution in [2.45, 2.75) is 83.3 Å². The van der Waals surface area contributed by atoms with Crippen molar-refractivity contribution < 1.29 is 9.47 Å². The van der Waals surface area contributed by atoms with Gasteiger partial charge in [-0.25, -0.2) is 0 Å². The van der Waals surface area contributed by atoms with Crippen LogP contribution in [0.1, 0.15) is 71.1 Å². The molecule has 6 unspecified atom stereocenters. The molecule has 0 aromatic rings. The molecule has 0 amide bonds. The van der Waals surface area contributed by atoms with Crippen LogP contribution in [-0.4, -0.2) is 25.9 Å². The highest BCUT2D eigenvalue weighted by atomic mass is 16.6. The van der Waals surface area contributed by atoms with Gasteiger partial charge in [-0.1, -0.05) is 32.3 Å². The lowest BCUT2D eigenvalue weighted by atomic mass is 9.65. The van der Waals surface area contributed by atoms with E-state index < -0.39 is 0 Å². The topological polar surface area (TPSA) is 21.8 Å². The summed E-state index contributed by atoms with van der Waals surface area (Å²) in [5.41, 5.74) is 0. The van der Waals surface area contributed by atoms with Crippen LogP contribution in [0.2, 0.25) is 0 Å². The fourth-order valence-corrected chi connectivity index (χ4v) is 6.28. The Morgan fingerprint density at radius 1 is 1.08 bits per heavy atom. The maximum atomic E-state index is 5.85. The number of epoxide rings is 1. The van der Waals surface area contributed by atoms with Crippen LogP contribution in [0.25, 0.3) is 0 Å². The molecule has 4 aliphatic rings. The fraction of sp³-hybridized carbons (Fsp3) is 0.917. The summed E-state index contributed by atoms with van der Waals surface area (Å²) in [4.78, 5) is 0. The number of rotatable bonds is 11. The lowest BCUT2D eigenvalue weighted by molar-refractivity contribution is 0.0778. The quantitative estimate of drug-likeness (QED) is 0.340. The van der Waals surface area contributed by atoms with Gasteiger partial charge in [0.2, 0.25) is 0 Å². The number of methoxy groups -OCH3 is 1. The van der Waals surface area contributed by atoms with Crippen molar-refractivity contribution in [1.82, 2.24) is 0 Å². The number of ether oxygens (including phenoxy) is 2. The van der Waals surface area contributed by atoms with E-state index in [9.17, 15) is 0 Å². The zero-order valence-electron chi connectivity index (χ0n) is 17.1. The van der Waals surface area contributed by atoms with Gasteiger partial charge in [-0.3, -0.25) is 0 Å². The van der Waals surface area contributed by atoms with E-state index in [0.717, 1.165) is 54.5 Å². The molecular formula is C24H40O2. The van der Waals surface area contributed by atoms with Crippen molar-refractivity contribution in [3.63, 3.8) is 0 Å². The molecule has 3 saturated carbocycles. The minimum atomic E-state index is 0.234. The van der Waals surface area contributed by atoms with Gasteiger partial charge in [0.1, 0.15) is 0 Å². The molecular weight excluding hydrogens is 320 g/mol. The van der Waals surface area contributed by atoms with Crippen LogP contribution < -0.4 is 0 Å². The third-order valence-corrected chi connectivity index (χ3v) is 8.27. The van der Waals surface area contributed by atoms with Crippen LogP contribution in [0.3, 0.4) is 0 Å². The Labute approximate surface area is 161 Å². The summed E-state index contributed by atoms with van der Waals surface area (Å²) in [6, 6.07) is 0. The van der Waals surface area contributed by atoms with Crippen LogP contribution in [0, 0.1) is 41.4 Å². The number of hydrogen-bond donors (Lipinski definition) is 0. The van der Waals surface area contributed by atoms with Crippen molar-refractivity contribution in [1.29, 1.82) is 0 Å². The fourth-order valence-electron chi connectivity index (χ4n) is 6.28. The molecule has 0 bridgehead atoms. The summed E-state index contributed by atoms with van der Waals surface area (Å²) in [5, 5.41) is 0. The number of hydrogen-bond acceptors (Lipinski definition) is 2. The average molecular weight is 361 g/mol. The zero-order chi connectivity index (χ0) is 18.1. The van der Waals surface area contributed by atoms with Crippen LogP contribution in [0.15, 0.2) is 12.7 Å². The molecule has 2 heteroatoms. The summed E-state index contributed by atoms with van der Waals surface area (Å²) in [6.45, 7) is 7.36.